The summed E-state index contributed by atoms with van der Waals surface area (Å²) in [6, 6.07) is 0. The average Bonchev–Trinajstić information content (AvgIpc) is 2.31. The smallest absolute Gasteiger partial charge is 0.188 e. The number of thiol groups is 1. The molecule has 0 rings (SSSR count). The van der Waals surface area contributed by atoms with E-state index in [1.807, 2.05) is 6.92 Å². The fourth-order valence-corrected chi connectivity index (χ4v) is 2.55. The van der Waals surface area contributed by atoms with E-state index in [0.717, 1.165) is 0 Å². The first kappa shape index (κ1) is 17.0. The maximum atomic E-state index is 11.4. The molecule has 2 unspecified atom stereocenters. The van der Waals surface area contributed by atoms with Crippen molar-refractivity contribution in [2.24, 2.45) is 11.8 Å². The van der Waals surface area contributed by atoms with Gasteiger partial charge in [-0.3, -0.25) is 4.79 Å². The molecule has 0 amide bonds. The molecule has 0 fully saturated rings. The molecule has 0 bridgehead atoms. The Morgan fingerprint density at radius 2 is 1.41 bits per heavy atom. The summed E-state index contributed by atoms with van der Waals surface area (Å²) in [7, 11) is 0. The Hall–Kier alpha value is 0.0200. The van der Waals surface area contributed by atoms with Crippen LogP contribution >= 0.6 is 12.6 Å². The minimum Gasteiger partial charge on any atom is -0.287 e. The van der Waals surface area contributed by atoms with Gasteiger partial charge < -0.3 is 0 Å². The van der Waals surface area contributed by atoms with Crippen LogP contribution in [0.1, 0.15) is 78.6 Å². The van der Waals surface area contributed by atoms with E-state index in [4.69, 9.17) is 0 Å². The van der Waals surface area contributed by atoms with Gasteiger partial charge in [-0.25, -0.2) is 0 Å². The van der Waals surface area contributed by atoms with Gasteiger partial charge in [0.25, 0.3) is 0 Å². The number of hydrogen-bond acceptors (Lipinski definition) is 1. The zero-order chi connectivity index (χ0) is 13.1. The van der Waals surface area contributed by atoms with Crippen LogP contribution in [-0.2, 0) is 4.79 Å². The monoisotopic (exact) mass is 258 g/mol. The van der Waals surface area contributed by atoms with E-state index < -0.39 is 0 Å². The maximum Gasteiger partial charge on any atom is 0.188 e. The molecule has 2 atom stereocenters. The third-order valence-corrected chi connectivity index (χ3v) is 4.11. The molecule has 0 aromatic heterocycles. The molecule has 0 radical (unpaired) electrons. The summed E-state index contributed by atoms with van der Waals surface area (Å²) in [5.41, 5.74) is 0. The van der Waals surface area contributed by atoms with Crippen molar-refractivity contribution < 1.29 is 4.79 Å². The normalized spacial score (nSPS) is 14.6. The lowest BCUT2D eigenvalue weighted by molar-refractivity contribution is -0.115. The molecule has 2 heteroatoms. The van der Waals surface area contributed by atoms with Crippen molar-refractivity contribution in [2.75, 3.05) is 0 Å². The molecular formula is C15H30OS. The standard InChI is InChI=1S/C15H30OS/c1-4-6-8-10-12-14(11-9-7-5-2)13(3)15(16)17/h13-14H,4-12H2,1-3H3,(H,16,17). The molecule has 102 valence electrons. The zero-order valence-corrected chi connectivity index (χ0v) is 12.8. The average molecular weight is 258 g/mol. The minimum absolute atomic E-state index is 0.0713. The predicted octanol–water partition coefficient (Wildman–Crippen LogP) is 5.25. The second kappa shape index (κ2) is 11.1. The van der Waals surface area contributed by atoms with Crippen LogP contribution in [0, 0.1) is 11.8 Å². The summed E-state index contributed by atoms with van der Waals surface area (Å²) in [5.74, 6) is 0.695. The van der Waals surface area contributed by atoms with Crippen molar-refractivity contribution in [3.05, 3.63) is 0 Å². The number of rotatable bonds is 11. The highest BCUT2D eigenvalue weighted by Gasteiger charge is 2.20. The van der Waals surface area contributed by atoms with Crippen molar-refractivity contribution in [1.29, 1.82) is 0 Å². The van der Waals surface area contributed by atoms with Crippen molar-refractivity contribution in [1.82, 2.24) is 0 Å². The molecule has 0 heterocycles. The molecule has 0 aromatic carbocycles. The molecular weight excluding hydrogens is 228 g/mol. The van der Waals surface area contributed by atoms with Crippen LogP contribution < -0.4 is 0 Å². The van der Waals surface area contributed by atoms with E-state index in [2.05, 4.69) is 26.5 Å². The van der Waals surface area contributed by atoms with Crippen LogP contribution in [0.2, 0.25) is 0 Å². The molecule has 0 aliphatic heterocycles. The topological polar surface area (TPSA) is 17.1 Å². The van der Waals surface area contributed by atoms with Crippen LogP contribution in [0.25, 0.3) is 0 Å². The molecule has 0 aliphatic rings. The molecule has 0 aromatic rings. The summed E-state index contributed by atoms with van der Waals surface area (Å²) >= 11 is 4.00. The van der Waals surface area contributed by atoms with E-state index in [9.17, 15) is 4.79 Å². The van der Waals surface area contributed by atoms with Gasteiger partial charge in [0.05, 0.1) is 0 Å². The van der Waals surface area contributed by atoms with E-state index in [0.29, 0.717) is 5.92 Å². The summed E-state index contributed by atoms with van der Waals surface area (Å²) < 4.78 is 0. The van der Waals surface area contributed by atoms with Crippen molar-refractivity contribution >= 4 is 17.7 Å². The first-order chi connectivity index (χ1) is 8.13. The summed E-state index contributed by atoms with van der Waals surface area (Å²) in [6.45, 7) is 6.51. The Morgan fingerprint density at radius 3 is 1.88 bits per heavy atom. The largest absolute Gasteiger partial charge is 0.287 e. The Bertz CT molecular complexity index is 191. The Balaban J connectivity index is 3.96. The van der Waals surface area contributed by atoms with E-state index >= 15 is 0 Å². The van der Waals surface area contributed by atoms with Crippen LogP contribution in [0.3, 0.4) is 0 Å². The highest BCUT2D eigenvalue weighted by molar-refractivity contribution is 7.96. The lowest BCUT2D eigenvalue weighted by Gasteiger charge is -2.21. The van der Waals surface area contributed by atoms with E-state index in [1.54, 1.807) is 0 Å². The third-order valence-electron chi connectivity index (χ3n) is 3.70. The molecule has 1 nitrogen and oxygen atoms in total. The Kier molecular flexibility index (Phi) is 11.1. The maximum absolute atomic E-state index is 11.4. The molecule has 0 aliphatic carbocycles. The van der Waals surface area contributed by atoms with Gasteiger partial charge in [0.1, 0.15) is 0 Å². The van der Waals surface area contributed by atoms with Crippen LogP contribution in [-0.4, -0.2) is 5.12 Å². The minimum atomic E-state index is 0.0713. The number of carbonyl (C=O) groups is 1. The molecule has 0 N–H and O–H groups in total. The Labute approximate surface area is 113 Å². The quantitative estimate of drug-likeness (QED) is 0.396. The van der Waals surface area contributed by atoms with Gasteiger partial charge in [-0.1, -0.05) is 65.7 Å². The Morgan fingerprint density at radius 1 is 0.941 bits per heavy atom. The summed E-state index contributed by atoms with van der Waals surface area (Å²) in [5, 5.41) is 0.0713. The fourth-order valence-electron chi connectivity index (χ4n) is 2.34. The summed E-state index contributed by atoms with van der Waals surface area (Å²) in [4.78, 5) is 11.4. The van der Waals surface area contributed by atoms with E-state index in [-0.39, 0.29) is 11.0 Å². The van der Waals surface area contributed by atoms with Gasteiger partial charge in [-0.2, -0.15) is 0 Å². The molecule has 0 saturated heterocycles. The molecule has 0 saturated carbocycles. The first-order valence-electron chi connectivity index (χ1n) is 7.36. The number of unbranched alkanes of at least 4 members (excludes halogenated alkanes) is 5. The molecule has 0 spiro atoms. The number of carbonyl (C=O) groups excluding carboxylic acids is 1. The van der Waals surface area contributed by atoms with Gasteiger partial charge in [0.15, 0.2) is 5.12 Å². The predicted molar refractivity (Wildman–Crippen MR) is 79.5 cm³/mol. The second-order valence-electron chi connectivity index (χ2n) is 5.23. The van der Waals surface area contributed by atoms with Crippen LogP contribution in [0.15, 0.2) is 0 Å². The van der Waals surface area contributed by atoms with Crippen LogP contribution in [0.5, 0.6) is 0 Å². The van der Waals surface area contributed by atoms with Crippen molar-refractivity contribution in [3.63, 3.8) is 0 Å². The summed E-state index contributed by atoms with van der Waals surface area (Å²) in [6.07, 6.45) is 11.4. The van der Waals surface area contributed by atoms with Gasteiger partial charge >= 0.3 is 0 Å². The SMILES string of the molecule is CCCCCCC(CCCCC)C(C)C(=O)S. The molecule has 17 heavy (non-hydrogen) atoms. The fraction of sp³-hybridized carbons (Fsp3) is 0.933. The lowest BCUT2D eigenvalue weighted by atomic mass is 9.85. The highest BCUT2D eigenvalue weighted by atomic mass is 32.1. The number of hydrogen-bond donors (Lipinski definition) is 1. The van der Waals surface area contributed by atoms with E-state index in [1.165, 1.54) is 57.8 Å². The van der Waals surface area contributed by atoms with Crippen molar-refractivity contribution in [3.8, 4) is 0 Å². The van der Waals surface area contributed by atoms with Gasteiger partial charge in [-0.05, 0) is 18.8 Å². The zero-order valence-electron chi connectivity index (χ0n) is 11.9. The second-order valence-corrected chi connectivity index (χ2v) is 5.67. The highest BCUT2D eigenvalue weighted by Crippen LogP contribution is 2.26. The first-order valence-corrected chi connectivity index (χ1v) is 7.81. The van der Waals surface area contributed by atoms with Gasteiger partial charge in [0.2, 0.25) is 0 Å². The third kappa shape index (κ3) is 8.70. The van der Waals surface area contributed by atoms with Gasteiger partial charge in [-0.15, -0.1) is 12.6 Å². The van der Waals surface area contributed by atoms with Gasteiger partial charge in [0, 0.05) is 5.92 Å². The lowest BCUT2D eigenvalue weighted by Crippen LogP contribution is -2.17. The van der Waals surface area contributed by atoms with Crippen LogP contribution in [0.4, 0.5) is 0 Å². The van der Waals surface area contributed by atoms with Crippen molar-refractivity contribution in [2.45, 2.75) is 78.6 Å².